The molecule has 224 valence electrons. The van der Waals surface area contributed by atoms with Crippen LogP contribution in [0.5, 0.6) is 0 Å². The first-order chi connectivity index (χ1) is 19.8. The summed E-state index contributed by atoms with van der Waals surface area (Å²) in [5, 5.41) is 9.88. The van der Waals surface area contributed by atoms with Crippen molar-refractivity contribution >= 4 is 98.8 Å². The number of hydrogen-bond acceptors (Lipinski definition) is 11. The highest BCUT2D eigenvalue weighted by molar-refractivity contribution is 14.1. The molecule has 4 aromatic heterocycles. The zero-order valence-electron chi connectivity index (χ0n) is 22.6. The van der Waals surface area contributed by atoms with Gasteiger partial charge in [-0.05, 0) is 86.8 Å². The topological polar surface area (TPSA) is 134 Å². The van der Waals surface area contributed by atoms with E-state index in [-0.39, 0.29) is 11.5 Å². The number of aromatic nitrogens is 6. The Labute approximate surface area is 282 Å². The van der Waals surface area contributed by atoms with E-state index >= 15 is 0 Å². The summed E-state index contributed by atoms with van der Waals surface area (Å²) in [6, 6.07) is 0.516. The number of piperidine rings is 1. The van der Waals surface area contributed by atoms with Crippen molar-refractivity contribution in [2.75, 3.05) is 44.4 Å². The van der Waals surface area contributed by atoms with Crippen molar-refractivity contribution in [2.45, 2.75) is 57.0 Å². The Morgan fingerprint density at radius 3 is 1.85 bits per heavy atom. The first-order valence-corrected chi connectivity index (χ1v) is 18.4. The van der Waals surface area contributed by atoms with Crippen molar-refractivity contribution in [3.05, 3.63) is 23.7 Å². The maximum absolute atomic E-state index is 6.22. The molecule has 11 nitrogen and oxygen atoms in total. The first-order valence-electron chi connectivity index (χ1n) is 13.9. The number of anilines is 1. The number of hydrogen-bond donors (Lipinski definition) is 2. The van der Waals surface area contributed by atoms with Gasteiger partial charge < -0.3 is 25.8 Å². The van der Waals surface area contributed by atoms with E-state index in [0.717, 1.165) is 72.1 Å². The van der Waals surface area contributed by atoms with Crippen LogP contribution in [0, 0.1) is 18.2 Å². The van der Waals surface area contributed by atoms with Crippen molar-refractivity contribution in [3.63, 3.8) is 0 Å². The third-order valence-corrected chi connectivity index (χ3v) is 12.7. The zero-order valence-corrected chi connectivity index (χ0v) is 30.1. The SMILES string of the molecule is Brc1nn2c(I)cnc2s1.NC1COCC12CCCCC2.NC1COCC12CCN(c1nn3c(I)cnc3s1)CC2. The molecule has 1 saturated carbocycles. The van der Waals surface area contributed by atoms with Crippen LogP contribution in [0.3, 0.4) is 0 Å². The summed E-state index contributed by atoms with van der Waals surface area (Å²) in [6.45, 7) is 5.26. The Balaban J connectivity index is 0.000000122. The maximum Gasteiger partial charge on any atom is 0.214 e. The van der Waals surface area contributed by atoms with Gasteiger partial charge in [0.25, 0.3) is 0 Å². The molecule has 4 fully saturated rings. The number of halogens is 3. The zero-order chi connectivity index (χ0) is 28.6. The average Bonchev–Trinajstić information content (AvgIpc) is 3.82. The highest BCUT2D eigenvalue weighted by Gasteiger charge is 2.44. The second-order valence-electron chi connectivity index (χ2n) is 11.3. The first kappa shape index (κ1) is 30.8. The molecule has 16 heteroatoms. The smallest absolute Gasteiger partial charge is 0.214 e. The van der Waals surface area contributed by atoms with Gasteiger partial charge in [0.1, 0.15) is 7.40 Å². The lowest BCUT2D eigenvalue weighted by molar-refractivity contribution is 0.120. The van der Waals surface area contributed by atoms with Crippen LogP contribution in [0.25, 0.3) is 9.92 Å². The van der Waals surface area contributed by atoms with Crippen LogP contribution in [0.1, 0.15) is 44.9 Å². The van der Waals surface area contributed by atoms with Gasteiger partial charge in [-0.1, -0.05) is 41.9 Å². The number of fused-ring (bicyclic) bond motifs is 2. The summed E-state index contributed by atoms with van der Waals surface area (Å²) in [5.74, 6) is 0. The van der Waals surface area contributed by atoms with E-state index in [4.69, 9.17) is 20.9 Å². The van der Waals surface area contributed by atoms with Gasteiger partial charge in [0.05, 0.1) is 38.8 Å². The van der Waals surface area contributed by atoms with E-state index in [9.17, 15) is 0 Å². The molecule has 2 atom stereocenters. The molecule has 0 radical (unpaired) electrons. The highest BCUT2D eigenvalue weighted by Crippen LogP contribution is 2.42. The van der Waals surface area contributed by atoms with Crippen LogP contribution in [-0.4, -0.2) is 80.8 Å². The molecule has 41 heavy (non-hydrogen) atoms. The number of rotatable bonds is 1. The van der Waals surface area contributed by atoms with Gasteiger partial charge in [-0.3, -0.25) is 0 Å². The Morgan fingerprint density at radius 2 is 1.34 bits per heavy atom. The second kappa shape index (κ2) is 13.0. The Bertz CT molecular complexity index is 1460. The maximum atomic E-state index is 6.22. The molecule has 1 aliphatic carbocycles. The summed E-state index contributed by atoms with van der Waals surface area (Å²) >= 11 is 10.9. The van der Waals surface area contributed by atoms with Crippen LogP contribution in [0.15, 0.2) is 16.3 Å². The van der Waals surface area contributed by atoms with Gasteiger partial charge in [0, 0.05) is 36.0 Å². The minimum atomic E-state index is 0.194. The minimum Gasteiger partial charge on any atom is -0.379 e. The summed E-state index contributed by atoms with van der Waals surface area (Å²) in [5.41, 5.74) is 12.8. The van der Waals surface area contributed by atoms with Crippen molar-refractivity contribution in [1.82, 2.24) is 29.2 Å². The molecule has 0 aromatic carbocycles. The monoisotopic (exact) mass is 889 g/mol. The van der Waals surface area contributed by atoms with Crippen LogP contribution in [0.4, 0.5) is 5.13 Å². The van der Waals surface area contributed by atoms with Gasteiger partial charge in [-0.2, -0.15) is 9.03 Å². The van der Waals surface area contributed by atoms with Gasteiger partial charge in [-0.25, -0.2) is 9.97 Å². The Kier molecular flexibility index (Phi) is 9.78. The molecule has 2 unspecified atom stereocenters. The highest BCUT2D eigenvalue weighted by atomic mass is 127. The minimum absolute atomic E-state index is 0.194. The number of nitrogens with two attached hydrogens (primary N) is 2. The Morgan fingerprint density at radius 1 is 0.805 bits per heavy atom. The van der Waals surface area contributed by atoms with E-state index in [1.54, 1.807) is 22.0 Å². The molecule has 4 N–H and O–H groups in total. The summed E-state index contributed by atoms with van der Waals surface area (Å²) < 4.78 is 17.7. The van der Waals surface area contributed by atoms with Gasteiger partial charge >= 0.3 is 0 Å². The fourth-order valence-electron chi connectivity index (χ4n) is 6.20. The molecule has 7 heterocycles. The summed E-state index contributed by atoms with van der Waals surface area (Å²) in [4.78, 5) is 12.7. The third-order valence-electron chi connectivity index (χ3n) is 8.88. The molecule has 2 spiro atoms. The third kappa shape index (κ3) is 6.46. The van der Waals surface area contributed by atoms with Crippen molar-refractivity contribution < 1.29 is 9.47 Å². The quantitative estimate of drug-likeness (QED) is 0.259. The van der Waals surface area contributed by atoms with Crippen molar-refractivity contribution in [1.29, 1.82) is 0 Å². The standard InChI is InChI=1S/C12H16IN5OS.C9H17NO.C4HBrIN3S/c13-9-5-15-10-18(9)16-11(20-10)17-3-1-12(2-4-17)7-19-6-8(12)14;10-8-6-11-7-9(8)4-2-1-3-5-9;5-3-8-9-2(6)1-7-4(9)10-3/h5,8H,1-4,6-7,14H2;8H,1-7,10H2;1H. The molecule has 8 rings (SSSR count). The lowest BCUT2D eigenvalue weighted by atomic mass is 9.71. The molecule has 0 amide bonds. The van der Waals surface area contributed by atoms with E-state index in [0.29, 0.717) is 18.1 Å². The van der Waals surface area contributed by atoms with Gasteiger partial charge in [0.15, 0.2) is 3.92 Å². The normalized spacial score (nSPS) is 25.0. The molecule has 4 aromatic rings. The summed E-state index contributed by atoms with van der Waals surface area (Å²) in [6.07, 6.45) is 12.5. The van der Waals surface area contributed by atoms with Crippen molar-refractivity contribution in [2.24, 2.45) is 22.3 Å². The van der Waals surface area contributed by atoms with E-state index < -0.39 is 0 Å². The molecular weight excluding hydrogens is 856 g/mol. The average molecular weight is 890 g/mol. The fourth-order valence-corrected chi connectivity index (χ4v) is 9.61. The molecule has 3 aliphatic heterocycles. The van der Waals surface area contributed by atoms with Crippen LogP contribution in [-0.2, 0) is 9.47 Å². The van der Waals surface area contributed by atoms with Gasteiger partial charge in [-0.15, -0.1) is 10.2 Å². The largest absolute Gasteiger partial charge is 0.379 e. The van der Waals surface area contributed by atoms with Crippen LogP contribution >= 0.6 is 83.8 Å². The predicted molar refractivity (Wildman–Crippen MR) is 182 cm³/mol. The molecule has 4 aliphatic rings. The van der Waals surface area contributed by atoms with Crippen molar-refractivity contribution in [3.8, 4) is 0 Å². The van der Waals surface area contributed by atoms with Crippen LogP contribution < -0.4 is 16.4 Å². The summed E-state index contributed by atoms with van der Waals surface area (Å²) in [7, 11) is 0. The second-order valence-corrected chi connectivity index (χ2v) is 16.7. The molecule has 0 bridgehead atoms. The van der Waals surface area contributed by atoms with E-state index in [2.05, 4.69) is 86.2 Å². The number of imidazole rings is 2. The predicted octanol–water partition coefficient (Wildman–Crippen LogP) is 4.79. The number of ether oxygens (including phenoxy) is 2. The molecule has 3 saturated heterocycles. The fraction of sp³-hybridized carbons (Fsp3) is 0.680. The lowest BCUT2D eigenvalue weighted by Gasteiger charge is -2.40. The molecular formula is C25H34BrI2N9O2S2. The van der Waals surface area contributed by atoms with Gasteiger partial charge in [0.2, 0.25) is 15.1 Å². The van der Waals surface area contributed by atoms with E-state index in [1.165, 1.54) is 43.4 Å². The van der Waals surface area contributed by atoms with E-state index in [1.807, 2.05) is 10.7 Å². The van der Waals surface area contributed by atoms with Crippen LogP contribution in [0.2, 0.25) is 0 Å². The number of nitrogens with zero attached hydrogens (tertiary/aromatic N) is 7. The Hall–Kier alpha value is -0.220. The lowest BCUT2D eigenvalue weighted by Crippen LogP contribution is -2.49.